The molecule has 1 aliphatic rings. The number of ether oxygens (including phenoxy) is 5. The van der Waals surface area contributed by atoms with Crippen LogP contribution < -0.4 is 34.3 Å². The van der Waals surface area contributed by atoms with Crippen molar-refractivity contribution < 1.29 is 43.8 Å². The molecule has 288 valence electrons. The van der Waals surface area contributed by atoms with Gasteiger partial charge >= 0.3 is 0 Å². The molecule has 4 aromatic carbocycles. The Bertz CT molecular complexity index is 1860. The number of nitrogens with one attached hydrogen (secondary N) is 2. The molecule has 0 fully saturated rings. The highest BCUT2D eigenvalue weighted by molar-refractivity contribution is 6.01. The van der Waals surface area contributed by atoms with E-state index in [1.807, 2.05) is 79.7 Å². The van der Waals surface area contributed by atoms with Crippen molar-refractivity contribution in [3.05, 3.63) is 105 Å². The van der Waals surface area contributed by atoms with Gasteiger partial charge in [0.05, 0.1) is 59.9 Å². The summed E-state index contributed by atoms with van der Waals surface area (Å²) in [6, 6.07) is 18.8. The van der Waals surface area contributed by atoms with Gasteiger partial charge in [0, 0.05) is 16.8 Å². The number of unbranched alkanes of at least 4 members (excludes halogenated alkanes) is 5. The minimum atomic E-state index is -0.397. The van der Waals surface area contributed by atoms with Crippen molar-refractivity contribution in [2.45, 2.75) is 71.4 Å². The van der Waals surface area contributed by atoms with Crippen molar-refractivity contribution in [1.29, 1.82) is 0 Å². The number of carbonyl (C=O) groups is 1. The van der Waals surface area contributed by atoms with Crippen LogP contribution in [0, 0.1) is 6.92 Å². The van der Waals surface area contributed by atoms with E-state index in [4.69, 9.17) is 23.7 Å². The summed E-state index contributed by atoms with van der Waals surface area (Å²) in [6.07, 6.45) is 9.39. The molecule has 11 nitrogen and oxygen atoms in total. The number of aryl methyl sites for hydroxylation is 1. The number of aliphatic hydroxyl groups excluding tert-OH is 3. The van der Waals surface area contributed by atoms with E-state index in [9.17, 15) is 20.1 Å². The average molecular weight is 741 g/mol. The lowest BCUT2D eigenvalue weighted by Crippen LogP contribution is -2.38. The first kappa shape index (κ1) is 40.0. The van der Waals surface area contributed by atoms with Crippen LogP contribution >= 0.6 is 0 Å². The predicted octanol–water partition coefficient (Wildman–Crippen LogP) is 7.32. The lowest BCUT2D eigenvalue weighted by Gasteiger charge is -2.29. The third kappa shape index (κ3) is 10.0. The Morgan fingerprint density at radius 2 is 1.24 bits per heavy atom. The fourth-order valence-electron chi connectivity index (χ4n) is 6.51. The van der Waals surface area contributed by atoms with Gasteiger partial charge in [0.25, 0.3) is 5.91 Å². The molecule has 1 atom stereocenters. The molecule has 0 aliphatic carbocycles. The Balaban J connectivity index is 1.03. The first-order valence-electron chi connectivity index (χ1n) is 18.3. The van der Waals surface area contributed by atoms with Crippen LogP contribution in [0.4, 0.5) is 5.69 Å². The molecule has 0 bridgehead atoms. The molecule has 1 amide bonds. The number of amides is 1. The van der Waals surface area contributed by atoms with Gasteiger partial charge in [-0.2, -0.15) is 0 Å². The fourth-order valence-corrected chi connectivity index (χ4v) is 6.51. The highest BCUT2D eigenvalue weighted by Crippen LogP contribution is 2.39. The topological polar surface area (TPSA) is 148 Å². The van der Waals surface area contributed by atoms with Gasteiger partial charge < -0.3 is 49.6 Å². The SMILES string of the molecule is COc1cc(/C=C\c2cc(OC)c(OCCCCCCCCOc3ccc(C4NC(=O)c5cc(C)ccc5N4)cc3CO)c(OC)c2)cc(CO)c1CO. The van der Waals surface area contributed by atoms with Crippen LogP contribution in [0.1, 0.15) is 94.0 Å². The second-order valence-corrected chi connectivity index (χ2v) is 13.2. The van der Waals surface area contributed by atoms with Crippen LogP contribution in [0.15, 0.2) is 60.7 Å². The summed E-state index contributed by atoms with van der Waals surface area (Å²) in [5, 5.41) is 35.9. The Kier molecular flexibility index (Phi) is 14.6. The zero-order chi connectivity index (χ0) is 38.5. The third-order valence-electron chi connectivity index (χ3n) is 9.45. The Morgan fingerprint density at radius 3 is 1.87 bits per heavy atom. The summed E-state index contributed by atoms with van der Waals surface area (Å²) in [4.78, 5) is 12.7. The van der Waals surface area contributed by atoms with Crippen LogP contribution in [0.5, 0.6) is 28.7 Å². The van der Waals surface area contributed by atoms with Crippen molar-refractivity contribution in [1.82, 2.24) is 5.32 Å². The molecule has 11 heteroatoms. The molecular weight excluding hydrogens is 688 g/mol. The summed E-state index contributed by atoms with van der Waals surface area (Å²) in [5.74, 6) is 2.72. The highest BCUT2D eigenvalue weighted by atomic mass is 16.5. The van der Waals surface area contributed by atoms with Gasteiger partial charge in [0.15, 0.2) is 11.5 Å². The predicted molar refractivity (Wildman–Crippen MR) is 209 cm³/mol. The van der Waals surface area contributed by atoms with Crippen molar-refractivity contribution in [3.8, 4) is 28.7 Å². The van der Waals surface area contributed by atoms with Gasteiger partial charge in [-0.15, -0.1) is 0 Å². The number of carbonyl (C=O) groups excluding carboxylic acids is 1. The van der Waals surface area contributed by atoms with Gasteiger partial charge in [-0.05, 0) is 90.6 Å². The van der Waals surface area contributed by atoms with E-state index in [2.05, 4.69) is 10.6 Å². The molecule has 1 aliphatic heterocycles. The fraction of sp³-hybridized carbons (Fsp3) is 0.372. The second kappa shape index (κ2) is 19.7. The van der Waals surface area contributed by atoms with E-state index >= 15 is 0 Å². The molecule has 5 N–H and O–H groups in total. The molecule has 0 radical (unpaired) electrons. The summed E-state index contributed by atoms with van der Waals surface area (Å²) >= 11 is 0. The maximum Gasteiger partial charge on any atom is 0.255 e. The zero-order valence-corrected chi connectivity index (χ0v) is 31.6. The van der Waals surface area contributed by atoms with Crippen molar-refractivity contribution in [2.24, 2.45) is 0 Å². The number of rotatable bonds is 20. The van der Waals surface area contributed by atoms with Gasteiger partial charge in [0.2, 0.25) is 5.75 Å². The molecule has 0 aromatic heterocycles. The Morgan fingerprint density at radius 1 is 0.630 bits per heavy atom. The number of hydrogen-bond donors (Lipinski definition) is 5. The van der Waals surface area contributed by atoms with Crippen molar-refractivity contribution in [3.63, 3.8) is 0 Å². The normalized spacial score (nSPS) is 13.6. The summed E-state index contributed by atoms with van der Waals surface area (Å²) in [6.45, 7) is 2.45. The smallest absolute Gasteiger partial charge is 0.255 e. The largest absolute Gasteiger partial charge is 0.496 e. The highest BCUT2D eigenvalue weighted by Gasteiger charge is 2.25. The van der Waals surface area contributed by atoms with Gasteiger partial charge in [0.1, 0.15) is 17.7 Å². The number of fused-ring (bicyclic) bond motifs is 1. The summed E-state index contributed by atoms with van der Waals surface area (Å²) < 4.78 is 28.9. The molecule has 4 aromatic rings. The van der Waals surface area contributed by atoms with E-state index < -0.39 is 6.17 Å². The molecule has 54 heavy (non-hydrogen) atoms. The van der Waals surface area contributed by atoms with Crippen LogP contribution in [0.3, 0.4) is 0 Å². The molecule has 1 unspecified atom stereocenters. The summed E-state index contributed by atoms with van der Waals surface area (Å²) in [7, 11) is 4.73. The molecule has 5 rings (SSSR count). The Hall–Kier alpha value is -5.23. The van der Waals surface area contributed by atoms with E-state index in [-0.39, 0.29) is 25.7 Å². The van der Waals surface area contributed by atoms with Crippen LogP contribution in [0.2, 0.25) is 0 Å². The van der Waals surface area contributed by atoms with Crippen LogP contribution in [-0.4, -0.2) is 55.8 Å². The number of anilines is 1. The number of methoxy groups -OCH3 is 3. The summed E-state index contributed by atoms with van der Waals surface area (Å²) in [5.41, 5.74) is 6.79. The van der Waals surface area contributed by atoms with Gasteiger partial charge in [-0.25, -0.2) is 0 Å². The maximum atomic E-state index is 12.7. The quantitative estimate of drug-likeness (QED) is 0.0461. The van der Waals surface area contributed by atoms with Gasteiger partial charge in [-0.3, -0.25) is 4.79 Å². The average Bonchev–Trinajstić information content (AvgIpc) is 3.20. The molecule has 0 spiro atoms. The van der Waals surface area contributed by atoms with E-state index in [1.165, 1.54) is 7.11 Å². The number of aliphatic hydroxyl groups is 3. The van der Waals surface area contributed by atoms with E-state index in [1.54, 1.807) is 14.2 Å². The molecular formula is C43H52N2O9. The number of benzene rings is 4. The third-order valence-corrected chi connectivity index (χ3v) is 9.45. The zero-order valence-electron chi connectivity index (χ0n) is 31.6. The first-order chi connectivity index (χ1) is 26.3. The lowest BCUT2D eigenvalue weighted by atomic mass is 10.0. The number of hydrogen-bond acceptors (Lipinski definition) is 10. The molecule has 1 heterocycles. The lowest BCUT2D eigenvalue weighted by molar-refractivity contribution is 0.0935. The standard InChI is InChI=1S/C43H52N2O9/c1-28-11-15-36-34(19-28)43(49)45-42(44-36)31-14-16-37(33(24-31)26-47)53-17-9-7-5-6-8-10-18-54-41-39(51-3)22-30(23-40(41)52-4)13-12-29-20-32(25-46)35(27-48)38(21-29)50-2/h11-16,19-24,42,44,46-48H,5-10,17-18,25-27H2,1-4H3,(H,45,49)/b13-12-. The Labute approximate surface area is 317 Å². The van der Waals surface area contributed by atoms with E-state index in [0.29, 0.717) is 64.2 Å². The minimum Gasteiger partial charge on any atom is -0.496 e. The van der Waals surface area contributed by atoms with Crippen LogP contribution in [-0.2, 0) is 19.8 Å². The van der Waals surface area contributed by atoms with Crippen LogP contribution in [0.25, 0.3) is 12.2 Å². The molecule has 0 saturated heterocycles. The monoisotopic (exact) mass is 740 g/mol. The first-order valence-corrected chi connectivity index (χ1v) is 18.3. The van der Waals surface area contributed by atoms with Crippen molar-refractivity contribution >= 4 is 23.7 Å². The van der Waals surface area contributed by atoms with Crippen molar-refractivity contribution in [2.75, 3.05) is 39.9 Å². The van der Waals surface area contributed by atoms with Gasteiger partial charge in [-0.1, -0.05) is 55.5 Å². The second-order valence-electron chi connectivity index (χ2n) is 13.2. The van der Waals surface area contributed by atoms with E-state index in [0.717, 1.165) is 66.5 Å². The maximum absolute atomic E-state index is 12.7. The molecule has 0 saturated carbocycles. The minimum absolute atomic E-state index is 0.128.